The van der Waals surface area contributed by atoms with Gasteiger partial charge in [-0.05, 0) is 44.4 Å². The summed E-state index contributed by atoms with van der Waals surface area (Å²) in [7, 11) is 0. The van der Waals surface area contributed by atoms with Gasteiger partial charge < -0.3 is 10.2 Å². The van der Waals surface area contributed by atoms with Gasteiger partial charge in [0, 0.05) is 18.3 Å². The van der Waals surface area contributed by atoms with Crippen LogP contribution in [-0.4, -0.2) is 25.0 Å². The van der Waals surface area contributed by atoms with Crippen molar-refractivity contribution in [1.29, 1.82) is 0 Å². The minimum Gasteiger partial charge on any atom is -0.362 e. The van der Waals surface area contributed by atoms with Crippen molar-refractivity contribution in [3.05, 3.63) is 29.8 Å². The largest absolute Gasteiger partial charge is 0.362 e. The Kier molecular flexibility index (Phi) is 6.09. The molecule has 0 atom stereocenters. The fourth-order valence-electron chi connectivity index (χ4n) is 3.08. The molecule has 21 heavy (non-hydrogen) atoms. The van der Waals surface area contributed by atoms with Gasteiger partial charge in [0.2, 0.25) is 5.91 Å². The van der Waals surface area contributed by atoms with Crippen LogP contribution in [0.15, 0.2) is 24.3 Å². The number of rotatable bonds is 5. The summed E-state index contributed by atoms with van der Waals surface area (Å²) in [5.74, 6) is 0.158. The topological polar surface area (TPSA) is 32.3 Å². The molecule has 0 spiro atoms. The first kappa shape index (κ1) is 15.9. The van der Waals surface area contributed by atoms with E-state index in [-0.39, 0.29) is 5.91 Å². The molecule has 2 rings (SSSR count). The summed E-state index contributed by atoms with van der Waals surface area (Å²) in [5.41, 5.74) is 2.36. The molecule has 0 heterocycles. The van der Waals surface area contributed by atoms with E-state index in [9.17, 15) is 4.79 Å². The number of nitrogens with one attached hydrogen (secondary N) is 1. The molecule has 0 saturated heterocycles. The van der Waals surface area contributed by atoms with E-state index in [1.54, 1.807) is 0 Å². The van der Waals surface area contributed by atoms with E-state index >= 15 is 0 Å². The highest BCUT2D eigenvalue weighted by Crippen LogP contribution is 2.18. The first-order chi connectivity index (χ1) is 10.2. The number of benzene rings is 1. The Balaban J connectivity index is 1.90. The van der Waals surface area contributed by atoms with Crippen molar-refractivity contribution in [1.82, 2.24) is 5.32 Å². The Morgan fingerprint density at radius 3 is 2.57 bits per heavy atom. The Morgan fingerprint density at radius 2 is 1.95 bits per heavy atom. The van der Waals surface area contributed by atoms with Crippen molar-refractivity contribution < 1.29 is 4.79 Å². The Labute approximate surface area is 128 Å². The molecule has 1 aromatic carbocycles. The monoisotopic (exact) mass is 288 g/mol. The van der Waals surface area contributed by atoms with Crippen LogP contribution >= 0.6 is 0 Å². The zero-order valence-electron chi connectivity index (χ0n) is 13.4. The standard InChI is InChI=1S/C18H28N2O/c1-3-20(17-12-8-9-15(2)13-17)14-18(21)19-16-10-6-4-5-7-11-16/h8-9,12-13,16H,3-7,10-11,14H2,1-2H3,(H,19,21). The van der Waals surface area contributed by atoms with E-state index in [0.29, 0.717) is 12.6 Å². The smallest absolute Gasteiger partial charge is 0.239 e. The van der Waals surface area contributed by atoms with Gasteiger partial charge in [-0.2, -0.15) is 0 Å². The second-order valence-corrected chi connectivity index (χ2v) is 6.11. The van der Waals surface area contributed by atoms with Gasteiger partial charge in [0.1, 0.15) is 0 Å². The second-order valence-electron chi connectivity index (χ2n) is 6.11. The molecule has 3 heteroatoms. The molecule has 0 bridgehead atoms. The number of aryl methyl sites for hydroxylation is 1. The number of hydrogen-bond donors (Lipinski definition) is 1. The van der Waals surface area contributed by atoms with E-state index < -0.39 is 0 Å². The van der Waals surface area contributed by atoms with Crippen LogP contribution in [0.4, 0.5) is 5.69 Å². The zero-order chi connectivity index (χ0) is 15.1. The fourth-order valence-corrected chi connectivity index (χ4v) is 3.08. The van der Waals surface area contributed by atoms with Gasteiger partial charge in [-0.25, -0.2) is 0 Å². The van der Waals surface area contributed by atoms with Crippen molar-refractivity contribution in [2.75, 3.05) is 18.0 Å². The van der Waals surface area contributed by atoms with Crippen LogP contribution in [0, 0.1) is 6.92 Å². The van der Waals surface area contributed by atoms with Crippen molar-refractivity contribution in [3.8, 4) is 0 Å². The van der Waals surface area contributed by atoms with Gasteiger partial charge in [-0.15, -0.1) is 0 Å². The summed E-state index contributed by atoms with van der Waals surface area (Å²) in [5, 5.41) is 3.23. The quantitative estimate of drug-likeness (QED) is 0.839. The average Bonchev–Trinajstić information content (AvgIpc) is 2.73. The van der Waals surface area contributed by atoms with Crippen LogP contribution in [0.1, 0.15) is 51.0 Å². The van der Waals surface area contributed by atoms with Crippen LogP contribution in [0.2, 0.25) is 0 Å². The van der Waals surface area contributed by atoms with E-state index in [1.165, 1.54) is 31.2 Å². The van der Waals surface area contributed by atoms with Crippen molar-refractivity contribution in [2.24, 2.45) is 0 Å². The normalized spacial score (nSPS) is 16.3. The summed E-state index contributed by atoms with van der Waals surface area (Å²) >= 11 is 0. The third-order valence-electron chi connectivity index (χ3n) is 4.30. The van der Waals surface area contributed by atoms with Crippen LogP contribution in [0.3, 0.4) is 0 Å². The molecule has 1 aliphatic carbocycles. The number of carbonyl (C=O) groups excluding carboxylic acids is 1. The van der Waals surface area contributed by atoms with Gasteiger partial charge >= 0.3 is 0 Å². The summed E-state index contributed by atoms with van der Waals surface area (Å²) < 4.78 is 0. The highest BCUT2D eigenvalue weighted by atomic mass is 16.2. The first-order valence-electron chi connectivity index (χ1n) is 8.30. The van der Waals surface area contributed by atoms with Crippen LogP contribution < -0.4 is 10.2 Å². The summed E-state index contributed by atoms with van der Waals surface area (Å²) in [6.07, 6.45) is 7.42. The maximum absolute atomic E-state index is 12.3. The van der Waals surface area contributed by atoms with Crippen LogP contribution in [-0.2, 0) is 4.79 Å². The Hall–Kier alpha value is -1.51. The lowest BCUT2D eigenvalue weighted by atomic mass is 10.1. The van der Waals surface area contributed by atoms with Gasteiger partial charge in [0.25, 0.3) is 0 Å². The predicted molar refractivity (Wildman–Crippen MR) is 88.7 cm³/mol. The maximum Gasteiger partial charge on any atom is 0.239 e. The number of anilines is 1. The maximum atomic E-state index is 12.3. The minimum atomic E-state index is 0.158. The molecule has 1 saturated carbocycles. The number of nitrogens with zero attached hydrogens (tertiary/aromatic N) is 1. The van der Waals surface area contributed by atoms with Crippen molar-refractivity contribution in [2.45, 2.75) is 58.4 Å². The first-order valence-corrected chi connectivity index (χ1v) is 8.30. The van der Waals surface area contributed by atoms with E-state index in [1.807, 2.05) is 0 Å². The molecule has 1 fully saturated rings. The molecule has 1 aromatic rings. The Morgan fingerprint density at radius 1 is 1.24 bits per heavy atom. The second kappa shape index (κ2) is 8.06. The molecule has 0 radical (unpaired) electrons. The molecule has 1 N–H and O–H groups in total. The lowest BCUT2D eigenvalue weighted by Gasteiger charge is -2.24. The van der Waals surface area contributed by atoms with Crippen molar-refractivity contribution >= 4 is 11.6 Å². The van der Waals surface area contributed by atoms with Crippen LogP contribution in [0.5, 0.6) is 0 Å². The molecule has 0 unspecified atom stereocenters. The van der Waals surface area contributed by atoms with E-state index in [4.69, 9.17) is 0 Å². The van der Waals surface area contributed by atoms with Gasteiger partial charge in [-0.1, -0.05) is 37.8 Å². The predicted octanol–water partition coefficient (Wildman–Crippen LogP) is 3.66. The highest BCUT2D eigenvalue weighted by molar-refractivity contribution is 5.81. The lowest BCUT2D eigenvalue weighted by molar-refractivity contribution is -0.120. The summed E-state index contributed by atoms with van der Waals surface area (Å²) in [6, 6.07) is 8.74. The number of carbonyl (C=O) groups is 1. The van der Waals surface area contributed by atoms with Gasteiger partial charge in [-0.3, -0.25) is 4.79 Å². The summed E-state index contributed by atoms with van der Waals surface area (Å²) in [6.45, 7) is 5.49. The molecule has 0 aliphatic heterocycles. The highest BCUT2D eigenvalue weighted by Gasteiger charge is 2.16. The third kappa shape index (κ3) is 5.07. The van der Waals surface area contributed by atoms with E-state index in [2.05, 4.69) is 48.3 Å². The fraction of sp³-hybridized carbons (Fsp3) is 0.611. The van der Waals surface area contributed by atoms with E-state index in [0.717, 1.165) is 25.1 Å². The van der Waals surface area contributed by atoms with Gasteiger partial charge in [0.15, 0.2) is 0 Å². The van der Waals surface area contributed by atoms with Crippen LogP contribution in [0.25, 0.3) is 0 Å². The minimum absolute atomic E-state index is 0.158. The molecule has 0 aromatic heterocycles. The van der Waals surface area contributed by atoms with Gasteiger partial charge in [0.05, 0.1) is 6.54 Å². The Bertz CT molecular complexity index is 450. The molecule has 1 amide bonds. The molecular weight excluding hydrogens is 260 g/mol. The molecular formula is C18H28N2O. The zero-order valence-corrected chi connectivity index (χ0v) is 13.4. The number of likely N-dealkylation sites (N-methyl/N-ethyl adjacent to an activating group) is 1. The molecule has 3 nitrogen and oxygen atoms in total. The third-order valence-corrected chi connectivity index (χ3v) is 4.30. The SMILES string of the molecule is CCN(CC(=O)NC1CCCCCC1)c1cccc(C)c1. The number of amides is 1. The molecule has 116 valence electrons. The summed E-state index contributed by atoms with van der Waals surface area (Å²) in [4.78, 5) is 14.4. The van der Waals surface area contributed by atoms with Crippen molar-refractivity contribution in [3.63, 3.8) is 0 Å². The average molecular weight is 288 g/mol. The molecule has 1 aliphatic rings. The number of hydrogen-bond acceptors (Lipinski definition) is 2. The lowest BCUT2D eigenvalue weighted by Crippen LogP contribution is -2.42.